The van der Waals surface area contributed by atoms with Gasteiger partial charge in [0.05, 0.1) is 11.5 Å². The molecule has 0 spiro atoms. The third-order valence-corrected chi connectivity index (χ3v) is 6.47. The van der Waals surface area contributed by atoms with Crippen molar-refractivity contribution in [2.24, 2.45) is 0 Å². The first-order valence-corrected chi connectivity index (χ1v) is 11.2. The fourth-order valence-electron chi connectivity index (χ4n) is 3.22. The fraction of sp³-hybridized carbons (Fsp3) is 0.300. The number of thioether (sulfide) groups is 1. The van der Waals surface area contributed by atoms with E-state index in [9.17, 15) is 9.59 Å². The van der Waals surface area contributed by atoms with Crippen LogP contribution in [0.3, 0.4) is 0 Å². The number of halogens is 1. The third-order valence-electron chi connectivity index (χ3n) is 4.83. The first-order valence-electron chi connectivity index (χ1n) is 9.48. The van der Waals surface area contributed by atoms with Crippen LogP contribution < -0.4 is 0 Å². The Bertz CT molecular complexity index is 1030. The number of hydrogen-bond donors (Lipinski definition) is 1. The van der Waals surface area contributed by atoms with Crippen molar-refractivity contribution >= 4 is 39.5 Å². The van der Waals surface area contributed by atoms with Crippen LogP contribution in [0.5, 0.6) is 0 Å². The van der Waals surface area contributed by atoms with Gasteiger partial charge in [0.2, 0.25) is 11.1 Å². The quantitative estimate of drug-likeness (QED) is 0.552. The smallest absolute Gasteiger partial charge is 0.289 e. The summed E-state index contributed by atoms with van der Waals surface area (Å²) in [5.41, 5.74) is 0.910. The molecule has 0 aliphatic carbocycles. The molecular formula is C20H20BrN5O3S. The zero-order valence-electron chi connectivity index (χ0n) is 16.2. The van der Waals surface area contributed by atoms with Crippen LogP contribution in [0.25, 0.3) is 11.4 Å². The summed E-state index contributed by atoms with van der Waals surface area (Å²) in [6.45, 7) is 3.80. The lowest BCUT2D eigenvalue weighted by Crippen LogP contribution is -2.52. The standard InChI is InChI=1S/C20H20BrN5O3S/c1-13(30-20-22-17(23-24-20)14-5-2-3-6-15(14)21)18(27)25-8-10-26(11-9-25)19(28)16-7-4-12-29-16/h2-7,12-13H,8-11H2,1H3,(H,22,23,24)/t13-/m1/s1. The van der Waals surface area contributed by atoms with E-state index in [1.165, 1.54) is 18.0 Å². The van der Waals surface area contributed by atoms with Crippen LogP contribution >= 0.6 is 27.7 Å². The van der Waals surface area contributed by atoms with Gasteiger partial charge in [-0.3, -0.25) is 14.7 Å². The number of H-pyrrole nitrogens is 1. The Balaban J connectivity index is 1.33. The van der Waals surface area contributed by atoms with Crippen molar-refractivity contribution < 1.29 is 14.0 Å². The van der Waals surface area contributed by atoms with Crippen LogP contribution in [-0.2, 0) is 4.79 Å². The number of nitrogens with zero attached hydrogens (tertiary/aromatic N) is 4. The monoisotopic (exact) mass is 489 g/mol. The normalized spacial score (nSPS) is 15.3. The molecule has 3 aromatic rings. The van der Waals surface area contributed by atoms with E-state index in [1.54, 1.807) is 21.9 Å². The van der Waals surface area contributed by atoms with Crippen molar-refractivity contribution in [1.82, 2.24) is 25.0 Å². The molecule has 1 N–H and O–H groups in total. The summed E-state index contributed by atoms with van der Waals surface area (Å²) in [6, 6.07) is 11.1. The molecular weight excluding hydrogens is 470 g/mol. The van der Waals surface area contributed by atoms with E-state index in [2.05, 4.69) is 31.1 Å². The van der Waals surface area contributed by atoms with Gasteiger partial charge < -0.3 is 14.2 Å². The predicted molar refractivity (Wildman–Crippen MR) is 116 cm³/mol. The molecule has 1 aromatic carbocycles. The zero-order chi connectivity index (χ0) is 21.1. The molecule has 4 rings (SSSR count). The molecule has 1 saturated heterocycles. The Morgan fingerprint density at radius 1 is 1.13 bits per heavy atom. The van der Waals surface area contributed by atoms with Gasteiger partial charge in [-0.15, -0.1) is 5.10 Å². The largest absolute Gasteiger partial charge is 0.459 e. The molecule has 1 aliphatic heterocycles. The van der Waals surface area contributed by atoms with Gasteiger partial charge in [0.15, 0.2) is 11.6 Å². The second-order valence-corrected chi connectivity index (χ2v) is 8.96. The van der Waals surface area contributed by atoms with Gasteiger partial charge in [-0.2, -0.15) is 0 Å². The van der Waals surface area contributed by atoms with Crippen molar-refractivity contribution in [2.75, 3.05) is 26.2 Å². The molecule has 1 atom stereocenters. The molecule has 0 radical (unpaired) electrons. The van der Waals surface area contributed by atoms with E-state index in [-0.39, 0.29) is 17.1 Å². The zero-order valence-corrected chi connectivity index (χ0v) is 18.6. The Morgan fingerprint density at radius 3 is 2.57 bits per heavy atom. The third kappa shape index (κ3) is 4.44. The van der Waals surface area contributed by atoms with E-state index in [1.807, 2.05) is 31.2 Å². The first kappa shape index (κ1) is 20.7. The Kier molecular flexibility index (Phi) is 6.24. The lowest BCUT2D eigenvalue weighted by Gasteiger charge is -2.35. The van der Waals surface area contributed by atoms with Crippen molar-refractivity contribution in [3.63, 3.8) is 0 Å². The number of furan rings is 1. The number of amides is 2. The lowest BCUT2D eigenvalue weighted by atomic mass is 10.2. The summed E-state index contributed by atoms with van der Waals surface area (Å²) in [6.07, 6.45) is 1.48. The number of rotatable bonds is 5. The molecule has 0 unspecified atom stereocenters. The van der Waals surface area contributed by atoms with Crippen LogP contribution in [0.4, 0.5) is 0 Å². The number of aromatic nitrogens is 3. The number of benzene rings is 1. The highest BCUT2D eigenvalue weighted by Gasteiger charge is 2.29. The summed E-state index contributed by atoms with van der Waals surface area (Å²) in [4.78, 5) is 33.2. The molecule has 8 nitrogen and oxygen atoms in total. The Labute approximate surface area is 186 Å². The number of carbonyl (C=O) groups excluding carboxylic acids is 2. The molecule has 10 heteroatoms. The second-order valence-electron chi connectivity index (χ2n) is 6.80. The number of piperazine rings is 1. The Morgan fingerprint density at radius 2 is 1.87 bits per heavy atom. The van der Waals surface area contributed by atoms with Crippen molar-refractivity contribution in [3.8, 4) is 11.4 Å². The number of hydrogen-bond acceptors (Lipinski definition) is 6. The van der Waals surface area contributed by atoms with Crippen LogP contribution in [0.15, 0.2) is 56.7 Å². The van der Waals surface area contributed by atoms with Gasteiger partial charge in [0, 0.05) is 36.2 Å². The maximum atomic E-state index is 12.8. The topological polar surface area (TPSA) is 95.3 Å². The molecule has 2 amide bonds. The van der Waals surface area contributed by atoms with Gasteiger partial charge >= 0.3 is 0 Å². The second kappa shape index (κ2) is 9.05. The number of carbonyl (C=O) groups is 2. The van der Waals surface area contributed by atoms with E-state index >= 15 is 0 Å². The fourth-order valence-corrected chi connectivity index (χ4v) is 4.51. The molecule has 2 aromatic heterocycles. The predicted octanol–water partition coefficient (Wildman–Crippen LogP) is 3.29. The molecule has 156 valence electrons. The highest BCUT2D eigenvalue weighted by molar-refractivity contribution is 9.10. The van der Waals surface area contributed by atoms with E-state index < -0.39 is 0 Å². The first-order chi connectivity index (χ1) is 14.5. The SMILES string of the molecule is C[C@@H](Sc1n[nH]c(-c2ccccc2Br)n1)C(=O)N1CCN(C(=O)c2ccco2)CC1. The summed E-state index contributed by atoms with van der Waals surface area (Å²) in [7, 11) is 0. The van der Waals surface area contributed by atoms with Gasteiger partial charge in [-0.25, -0.2) is 4.98 Å². The molecule has 30 heavy (non-hydrogen) atoms. The van der Waals surface area contributed by atoms with E-state index in [0.29, 0.717) is 42.9 Å². The van der Waals surface area contributed by atoms with Crippen molar-refractivity contribution in [2.45, 2.75) is 17.3 Å². The summed E-state index contributed by atoms with van der Waals surface area (Å²) in [5.74, 6) is 0.839. The molecule has 0 bridgehead atoms. The maximum Gasteiger partial charge on any atom is 0.289 e. The average molecular weight is 490 g/mol. The number of aromatic amines is 1. The molecule has 3 heterocycles. The highest BCUT2D eigenvalue weighted by Crippen LogP contribution is 2.28. The molecule has 1 aliphatic rings. The van der Waals surface area contributed by atoms with Crippen LogP contribution in [0.2, 0.25) is 0 Å². The number of nitrogens with one attached hydrogen (secondary N) is 1. The van der Waals surface area contributed by atoms with E-state index in [4.69, 9.17) is 4.42 Å². The van der Waals surface area contributed by atoms with Crippen LogP contribution in [-0.4, -0.2) is 68.2 Å². The van der Waals surface area contributed by atoms with Gasteiger partial charge in [0.25, 0.3) is 5.91 Å². The van der Waals surface area contributed by atoms with Crippen molar-refractivity contribution in [3.05, 3.63) is 52.9 Å². The van der Waals surface area contributed by atoms with Crippen LogP contribution in [0.1, 0.15) is 17.5 Å². The molecule has 0 saturated carbocycles. The van der Waals surface area contributed by atoms with Crippen LogP contribution in [0, 0.1) is 0 Å². The molecule has 1 fully saturated rings. The average Bonchev–Trinajstić information content (AvgIpc) is 3.45. The van der Waals surface area contributed by atoms with Gasteiger partial charge in [-0.05, 0) is 25.1 Å². The Hall–Kier alpha value is -2.59. The highest BCUT2D eigenvalue weighted by atomic mass is 79.9. The van der Waals surface area contributed by atoms with E-state index in [0.717, 1.165) is 10.0 Å². The van der Waals surface area contributed by atoms with Crippen molar-refractivity contribution in [1.29, 1.82) is 0 Å². The van der Waals surface area contributed by atoms with Gasteiger partial charge in [-0.1, -0.05) is 45.9 Å². The summed E-state index contributed by atoms with van der Waals surface area (Å²) < 4.78 is 6.09. The summed E-state index contributed by atoms with van der Waals surface area (Å²) in [5, 5.41) is 7.35. The van der Waals surface area contributed by atoms with Gasteiger partial charge in [0.1, 0.15) is 0 Å². The minimum Gasteiger partial charge on any atom is -0.459 e. The lowest BCUT2D eigenvalue weighted by molar-refractivity contribution is -0.131. The minimum atomic E-state index is -0.333. The maximum absolute atomic E-state index is 12.8. The minimum absolute atomic E-state index is 0.0114. The summed E-state index contributed by atoms with van der Waals surface area (Å²) >= 11 is 4.82.